The van der Waals surface area contributed by atoms with Gasteiger partial charge in [0.25, 0.3) is 0 Å². The van der Waals surface area contributed by atoms with Crippen molar-refractivity contribution in [2.45, 2.75) is 24.9 Å². The Balaban J connectivity index is 1.91. The molecule has 1 N–H and O–H groups in total. The summed E-state index contributed by atoms with van der Waals surface area (Å²) >= 11 is 3.37. The Bertz CT molecular complexity index is 321. The molecule has 0 heterocycles. The van der Waals surface area contributed by atoms with Crippen molar-refractivity contribution >= 4 is 15.9 Å². The number of hydrogen-bond acceptors (Lipinski definition) is 2. The molecule has 1 aliphatic carbocycles. The second kappa shape index (κ2) is 3.91. The van der Waals surface area contributed by atoms with Crippen LogP contribution in [0.15, 0.2) is 28.7 Å². The van der Waals surface area contributed by atoms with Gasteiger partial charge in [0.15, 0.2) is 0 Å². The van der Waals surface area contributed by atoms with Gasteiger partial charge in [-0.3, -0.25) is 0 Å². The van der Waals surface area contributed by atoms with Gasteiger partial charge in [-0.1, -0.05) is 22.0 Å². The summed E-state index contributed by atoms with van der Waals surface area (Å²) in [5.41, 5.74) is -0.567. The molecule has 1 aromatic rings. The van der Waals surface area contributed by atoms with E-state index >= 15 is 0 Å². The first-order valence-electron chi connectivity index (χ1n) is 4.79. The molecule has 0 atom stereocenters. The SMILES string of the molecule is OC1(COc2cccc(Br)c2)CCC1. The number of hydrogen-bond donors (Lipinski definition) is 1. The molecule has 0 amide bonds. The molecule has 1 aliphatic rings. The lowest BCUT2D eigenvalue weighted by Gasteiger charge is -2.35. The van der Waals surface area contributed by atoms with Crippen molar-refractivity contribution in [1.29, 1.82) is 0 Å². The summed E-state index contributed by atoms with van der Waals surface area (Å²) in [4.78, 5) is 0. The molecular formula is C11H13BrO2. The molecule has 0 aromatic heterocycles. The third-order valence-corrected chi connectivity index (χ3v) is 3.08. The first-order chi connectivity index (χ1) is 6.68. The van der Waals surface area contributed by atoms with Gasteiger partial charge in [0.2, 0.25) is 0 Å². The van der Waals surface area contributed by atoms with E-state index < -0.39 is 5.60 Å². The lowest BCUT2D eigenvalue weighted by molar-refractivity contribution is -0.0663. The standard InChI is InChI=1S/C11H13BrO2/c12-9-3-1-4-10(7-9)14-8-11(13)5-2-6-11/h1,3-4,7,13H,2,5-6,8H2. The molecule has 14 heavy (non-hydrogen) atoms. The molecule has 3 heteroatoms. The maximum atomic E-state index is 9.80. The van der Waals surface area contributed by atoms with Crippen LogP contribution < -0.4 is 4.74 Å². The van der Waals surface area contributed by atoms with E-state index in [1.165, 1.54) is 0 Å². The van der Waals surface area contributed by atoms with Gasteiger partial charge in [-0.2, -0.15) is 0 Å². The van der Waals surface area contributed by atoms with E-state index in [-0.39, 0.29) is 0 Å². The predicted molar refractivity (Wildman–Crippen MR) is 58.4 cm³/mol. The fraction of sp³-hybridized carbons (Fsp3) is 0.455. The fourth-order valence-corrected chi connectivity index (χ4v) is 1.88. The number of halogens is 1. The topological polar surface area (TPSA) is 29.5 Å². The minimum Gasteiger partial charge on any atom is -0.491 e. The van der Waals surface area contributed by atoms with Crippen LogP contribution in [0.1, 0.15) is 19.3 Å². The highest BCUT2D eigenvalue weighted by molar-refractivity contribution is 9.10. The third-order valence-electron chi connectivity index (χ3n) is 2.59. The molecule has 1 aromatic carbocycles. The largest absolute Gasteiger partial charge is 0.491 e. The van der Waals surface area contributed by atoms with Crippen LogP contribution in [0.5, 0.6) is 5.75 Å². The molecule has 2 rings (SSSR count). The summed E-state index contributed by atoms with van der Waals surface area (Å²) in [6, 6.07) is 7.67. The number of ether oxygens (including phenoxy) is 1. The number of aliphatic hydroxyl groups is 1. The molecule has 76 valence electrons. The number of rotatable bonds is 3. The van der Waals surface area contributed by atoms with E-state index in [0.29, 0.717) is 6.61 Å². The van der Waals surface area contributed by atoms with E-state index in [9.17, 15) is 5.11 Å². The Kier molecular flexibility index (Phi) is 2.79. The van der Waals surface area contributed by atoms with Crippen LogP contribution in [0.4, 0.5) is 0 Å². The highest BCUT2D eigenvalue weighted by Crippen LogP contribution is 2.32. The van der Waals surface area contributed by atoms with Crippen molar-refractivity contribution < 1.29 is 9.84 Å². The summed E-state index contributed by atoms with van der Waals surface area (Å²) in [5, 5.41) is 9.80. The zero-order valence-corrected chi connectivity index (χ0v) is 9.46. The van der Waals surface area contributed by atoms with Gasteiger partial charge < -0.3 is 9.84 Å². The van der Waals surface area contributed by atoms with Gasteiger partial charge in [-0.15, -0.1) is 0 Å². The van der Waals surface area contributed by atoms with Crippen LogP contribution in [0.2, 0.25) is 0 Å². The minimum atomic E-state index is -0.567. The highest BCUT2D eigenvalue weighted by atomic mass is 79.9. The first kappa shape index (κ1) is 9.99. The van der Waals surface area contributed by atoms with Gasteiger partial charge in [0.05, 0.1) is 5.60 Å². The first-order valence-corrected chi connectivity index (χ1v) is 5.58. The fourth-order valence-electron chi connectivity index (χ4n) is 1.50. The van der Waals surface area contributed by atoms with Crippen LogP contribution in [0, 0.1) is 0 Å². The van der Waals surface area contributed by atoms with Crippen LogP contribution >= 0.6 is 15.9 Å². The molecule has 0 bridgehead atoms. The quantitative estimate of drug-likeness (QED) is 0.902. The summed E-state index contributed by atoms with van der Waals surface area (Å²) in [7, 11) is 0. The molecule has 0 saturated heterocycles. The van der Waals surface area contributed by atoms with Gasteiger partial charge in [-0.05, 0) is 37.5 Å². The summed E-state index contributed by atoms with van der Waals surface area (Å²) < 4.78 is 6.51. The Morgan fingerprint density at radius 1 is 1.43 bits per heavy atom. The van der Waals surface area contributed by atoms with E-state index in [1.807, 2.05) is 24.3 Å². The van der Waals surface area contributed by atoms with E-state index in [1.54, 1.807) is 0 Å². The maximum Gasteiger partial charge on any atom is 0.120 e. The lowest BCUT2D eigenvalue weighted by Crippen LogP contribution is -2.42. The average Bonchev–Trinajstić information content (AvgIpc) is 2.12. The molecule has 0 aliphatic heterocycles. The zero-order valence-electron chi connectivity index (χ0n) is 7.87. The van der Waals surface area contributed by atoms with Crippen molar-refractivity contribution in [3.63, 3.8) is 0 Å². The van der Waals surface area contributed by atoms with Crippen molar-refractivity contribution in [3.8, 4) is 5.75 Å². The molecule has 0 spiro atoms. The minimum absolute atomic E-state index is 0.406. The number of benzene rings is 1. The smallest absolute Gasteiger partial charge is 0.120 e. The molecule has 0 unspecified atom stereocenters. The zero-order chi connectivity index (χ0) is 10.0. The van der Waals surface area contributed by atoms with Crippen molar-refractivity contribution in [2.24, 2.45) is 0 Å². The second-order valence-electron chi connectivity index (χ2n) is 3.82. The lowest BCUT2D eigenvalue weighted by atomic mass is 9.81. The van der Waals surface area contributed by atoms with Crippen molar-refractivity contribution in [1.82, 2.24) is 0 Å². The predicted octanol–water partition coefficient (Wildman–Crippen LogP) is 2.74. The van der Waals surface area contributed by atoms with Gasteiger partial charge in [0, 0.05) is 4.47 Å². The van der Waals surface area contributed by atoms with Crippen LogP contribution in [0.3, 0.4) is 0 Å². The van der Waals surface area contributed by atoms with Gasteiger partial charge >= 0.3 is 0 Å². The van der Waals surface area contributed by atoms with E-state index in [4.69, 9.17) is 4.74 Å². The van der Waals surface area contributed by atoms with Crippen LogP contribution in [-0.4, -0.2) is 17.3 Å². The van der Waals surface area contributed by atoms with Crippen molar-refractivity contribution in [2.75, 3.05) is 6.61 Å². The van der Waals surface area contributed by atoms with Crippen LogP contribution in [0.25, 0.3) is 0 Å². The third kappa shape index (κ3) is 2.28. The van der Waals surface area contributed by atoms with Crippen LogP contribution in [-0.2, 0) is 0 Å². The average molecular weight is 257 g/mol. The highest BCUT2D eigenvalue weighted by Gasteiger charge is 2.35. The Morgan fingerprint density at radius 3 is 2.79 bits per heavy atom. The monoisotopic (exact) mass is 256 g/mol. The van der Waals surface area contributed by atoms with Crippen molar-refractivity contribution in [3.05, 3.63) is 28.7 Å². The molecule has 2 nitrogen and oxygen atoms in total. The summed E-state index contributed by atoms with van der Waals surface area (Å²) in [6.07, 6.45) is 2.83. The van der Waals surface area contributed by atoms with Gasteiger partial charge in [0.1, 0.15) is 12.4 Å². The molecule has 1 fully saturated rings. The van der Waals surface area contributed by atoms with Gasteiger partial charge in [-0.25, -0.2) is 0 Å². The Hall–Kier alpha value is -0.540. The molecule has 0 radical (unpaired) electrons. The van der Waals surface area contributed by atoms with E-state index in [2.05, 4.69) is 15.9 Å². The Morgan fingerprint density at radius 2 is 2.21 bits per heavy atom. The normalized spacial score (nSPS) is 18.7. The Labute approximate surface area is 92.0 Å². The maximum absolute atomic E-state index is 9.80. The molecule has 1 saturated carbocycles. The summed E-state index contributed by atoms with van der Waals surface area (Å²) in [5.74, 6) is 0.805. The van der Waals surface area contributed by atoms with E-state index in [0.717, 1.165) is 29.5 Å². The second-order valence-corrected chi connectivity index (χ2v) is 4.74. The molecular weight excluding hydrogens is 244 g/mol. The summed E-state index contributed by atoms with van der Waals surface area (Å²) in [6.45, 7) is 0.406.